The summed E-state index contributed by atoms with van der Waals surface area (Å²) >= 11 is 0. The summed E-state index contributed by atoms with van der Waals surface area (Å²) in [4.78, 5) is 27.4. The average molecular weight is 410 g/mol. The summed E-state index contributed by atoms with van der Waals surface area (Å²) in [5.41, 5.74) is 3.35. The largest absolute Gasteiger partial charge is 0.321 e. The second kappa shape index (κ2) is 7.59. The van der Waals surface area contributed by atoms with Crippen LogP contribution in [0.4, 0.5) is 5.69 Å². The number of anilines is 1. The van der Waals surface area contributed by atoms with Crippen molar-refractivity contribution in [2.24, 2.45) is 0 Å². The maximum Gasteiger partial charge on any atom is 0.276 e. The van der Waals surface area contributed by atoms with Gasteiger partial charge in [-0.25, -0.2) is 5.10 Å². The van der Waals surface area contributed by atoms with E-state index in [1.165, 1.54) is 12.1 Å². The van der Waals surface area contributed by atoms with E-state index in [0.29, 0.717) is 17.2 Å². The van der Waals surface area contributed by atoms with Crippen LogP contribution in [0.5, 0.6) is 0 Å². The molecule has 5 rings (SSSR count). The molecule has 10 heteroatoms. The molecule has 0 aliphatic rings. The Morgan fingerprint density at radius 2 is 1.81 bits per heavy atom. The number of hydrogen-bond acceptors (Lipinski definition) is 7. The van der Waals surface area contributed by atoms with Crippen LogP contribution < -0.4 is 10.9 Å². The predicted molar refractivity (Wildman–Crippen MR) is 112 cm³/mol. The van der Waals surface area contributed by atoms with Crippen LogP contribution in [0.15, 0.2) is 77.9 Å². The smallest absolute Gasteiger partial charge is 0.276 e. The Morgan fingerprint density at radius 1 is 0.935 bits per heavy atom. The van der Waals surface area contributed by atoms with Crippen LogP contribution in [0.1, 0.15) is 10.5 Å². The molecule has 150 valence electrons. The molecular formula is C21H14N8O2. The zero-order valence-corrected chi connectivity index (χ0v) is 15.9. The van der Waals surface area contributed by atoms with Crippen LogP contribution >= 0.6 is 0 Å². The number of fused-ring (bicyclic) bond motifs is 1. The van der Waals surface area contributed by atoms with Crippen LogP contribution in [0.25, 0.3) is 28.3 Å². The average Bonchev–Trinajstić information content (AvgIpc) is 3.24. The van der Waals surface area contributed by atoms with E-state index in [4.69, 9.17) is 0 Å². The summed E-state index contributed by atoms with van der Waals surface area (Å²) in [6.07, 6.45) is 3.40. The summed E-state index contributed by atoms with van der Waals surface area (Å²) in [5.74, 6) is 0.177. The molecule has 0 atom stereocenters. The van der Waals surface area contributed by atoms with Gasteiger partial charge in [0.2, 0.25) is 0 Å². The van der Waals surface area contributed by atoms with Gasteiger partial charge < -0.3 is 5.32 Å². The second-order valence-corrected chi connectivity index (χ2v) is 6.59. The van der Waals surface area contributed by atoms with Crippen LogP contribution in [0, 0.1) is 0 Å². The van der Waals surface area contributed by atoms with Crippen molar-refractivity contribution in [2.75, 3.05) is 5.32 Å². The van der Waals surface area contributed by atoms with Gasteiger partial charge in [0.1, 0.15) is 5.69 Å². The molecule has 0 saturated heterocycles. The van der Waals surface area contributed by atoms with E-state index in [2.05, 4.69) is 35.8 Å². The van der Waals surface area contributed by atoms with Gasteiger partial charge in [0, 0.05) is 35.3 Å². The Bertz CT molecular complexity index is 1420. The van der Waals surface area contributed by atoms with Crippen molar-refractivity contribution in [3.8, 4) is 22.6 Å². The third-order valence-corrected chi connectivity index (χ3v) is 4.53. The molecule has 5 aromatic rings. The van der Waals surface area contributed by atoms with Gasteiger partial charge in [-0.1, -0.05) is 12.1 Å². The lowest BCUT2D eigenvalue weighted by molar-refractivity contribution is 0.102. The first-order chi connectivity index (χ1) is 15.2. The second-order valence-electron chi connectivity index (χ2n) is 6.59. The highest BCUT2D eigenvalue weighted by atomic mass is 16.2. The van der Waals surface area contributed by atoms with E-state index < -0.39 is 5.91 Å². The normalized spacial score (nSPS) is 10.8. The summed E-state index contributed by atoms with van der Waals surface area (Å²) < 4.78 is 1.67. The van der Waals surface area contributed by atoms with Gasteiger partial charge in [-0.15, -0.1) is 10.2 Å². The molecular weight excluding hydrogens is 396 g/mol. The number of H-pyrrole nitrogens is 1. The number of nitrogens with one attached hydrogen (secondary N) is 2. The molecule has 0 bridgehead atoms. The molecule has 0 saturated carbocycles. The lowest BCUT2D eigenvalue weighted by Gasteiger charge is -2.07. The third kappa shape index (κ3) is 3.65. The monoisotopic (exact) mass is 410 g/mol. The molecule has 0 spiro atoms. The minimum atomic E-state index is -0.422. The number of carbonyl (C=O) groups is 1. The lowest BCUT2D eigenvalue weighted by atomic mass is 10.1. The maximum absolute atomic E-state index is 12.2. The van der Waals surface area contributed by atoms with Gasteiger partial charge in [-0.3, -0.25) is 14.6 Å². The van der Waals surface area contributed by atoms with Crippen molar-refractivity contribution in [1.82, 2.24) is 35.0 Å². The van der Waals surface area contributed by atoms with E-state index in [1.54, 1.807) is 29.0 Å². The van der Waals surface area contributed by atoms with Crippen molar-refractivity contribution in [2.45, 2.75) is 0 Å². The molecule has 0 aliphatic heterocycles. The molecule has 2 N–H and O–H groups in total. The number of aromatic amines is 1. The van der Waals surface area contributed by atoms with E-state index in [-0.39, 0.29) is 11.3 Å². The Balaban J connectivity index is 1.41. The van der Waals surface area contributed by atoms with Crippen LogP contribution in [0.2, 0.25) is 0 Å². The molecule has 31 heavy (non-hydrogen) atoms. The van der Waals surface area contributed by atoms with Gasteiger partial charge in [-0.05, 0) is 42.5 Å². The van der Waals surface area contributed by atoms with Crippen molar-refractivity contribution in [1.29, 1.82) is 0 Å². The fraction of sp³-hybridized carbons (Fsp3) is 0. The number of rotatable bonds is 4. The molecule has 4 heterocycles. The molecule has 0 radical (unpaired) electrons. The minimum absolute atomic E-state index is 0.117. The highest BCUT2D eigenvalue weighted by Crippen LogP contribution is 2.22. The first-order valence-corrected chi connectivity index (χ1v) is 9.28. The van der Waals surface area contributed by atoms with Gasteiger partial charge in [0.15, 0.2) is 11.5 Å². The summed E-state index contributed by atoms with van der Waals surface area (Å²) in [7, 11) is 0. The third-order valence-electron chi connectivity index (χ3n) is 4.53. The number of aromatic nitrogens is 7. The predicted octanol–water partition coefficient (Wildman–Crippen LogP) is 2.19. The summed E-state index contributed by atoms with van der Waals surface area (Å²) in [6, 6.07) is 17.2. The number of nitrogens with zero attached hydrogens (tertiary/aromatic N) is 6. The number of benzene rings is 1. The highest BCUT2D eigenvalue weighted by Gasteiger charge is 2.12. The van der Waals surface area contributed by atoms with E-state index >= 15 is 0 Å². The van der Waals surface area contributed by atoms with E-state index in [0.717, 1.165) is 16.8 Å². The highest BCUT2D eigenvalue weighted by molar-refractivity contribution is 6.02. The van der Waals surface area contributed by atoms with E-state index in [9.17, 15) is 9.59 Å². The van der Waals surface area contributed by atoms with Crippen molar-refractivity contribution < 1.29 is 4.79 Å². The van der Waals surface area contributed by atoms with Gasteiger partial charge in [-0.2, -0.15) is 14.7 Å². The minimum Gasteiger partial charge on any atom is -0.321 e. The zero-order valence-electron chi connectivity index (χ0n) is 15.9. The quantitative estimate of drug-likeness (QED) is 0.464. The van der Waals surface area contributed by atoms with Crippen molar-refractivity contribution >= 4 is 17.2 Å². The lowest BCUT2D eigenvalue weighted by Crippen LogP contribution is -2.17. The molecule has 10 nitrogen and oxygen atoms in total. The first kappa shape index (κ1) is 18.3. The molecule has 0 unspecified atom stereocenters. The molecule has 1 amide bonds. The number of hydrogen-bond donors (Lipinski definition) is 2. The topological polar surface area (TPSA) is 131 Å². The van der Waals surface area contributed by atoms with Crippen LogP contribution in [0.3, 0.4) is 0 Å². The fourth-order valence-corrected chi connectivity index (χ4v) is 3.01. The van der Waals surface area contributed by atoms with Crippen LogP contribution in [-0.2, 0) is 0 Å². The van der Waals surface area contributed by atoms with Gasteiger partial charge in [0.25, 0.3) is 11.5 Å². The Hall–Kier alpha value is -4.73. The van der Waals surface area contributed by atoms with Crippen LogP contribution in [-0.4, -0.2) is 40.9 Å². The molecule has 4 aromatic heterocycles. The Labute approximate surface area is 174 Å². The summed E-state index contributed by atoms with van der Waals surface area (Å²) in [5, 5.41) is 21.7. The first-order valence-electron chi connectivity index (χ1n) is 9.28. The van der Waals surface area contributed by atoms with Crippen molar-refractivity contribution in [3.63, 3.8) is 0 Å². The number of carbonyl (C=O) groups excluding carboxylic acids is 1. The van der Waals surface area contributed by atoms with Crippen molar-refractivity contribution in [3.05, 3.63) is 89.1 Å². The molecule has 1 aromatic carbocycles. The van der Waals surface area contributed by atoms with E-state index in [1.807, 2.05) is 36.4 Å². The standard InChI is InChI=1S/C21H14N8O2/c30-19-10-8-17(24-26-19)21(31)23-15-5-3-13(4-6-15)16-7-9-18-25-27-20(29(18)28-16)14-2-1-11-22-12-14/h1-12H,(H,23,31)(H,26,30). The van der Waals surface area contributed by atoms with Gasteiger partial charge >= 0.3 is 0 Å². The SMILES string of the molecule is O=C(Nc1ccc(-c2ccc3nnc(-c4cccnc4)n3n2)cc1)c1ccc(=O)[nH]n1. The Kier molecular flexibility index (Phi) is 4.49. The Morgan fingerprint density at radius 3 is 2.55 bits per heavy atom. The molecule has 0 aliphatic carbocycles. The zero-order chi connectivity index (χ0) is 21.2. The number of pyridine rings is 1. The maximum atomic E-state index is 12.2. The summed E-state index contributed by atoms with van der Waals surface area (Å²) in [6.45, 7) is 0. The fourth-order valence-electron chi connectivity index (χ4n) is 3.01. The van der Waals surface area contributed by atoms with Gasteiger partial charge in [0.05, 0.1) is 5.69 Å². The number of amides is 1. The molecule has 0 fully saturated rings.